The first-order valence-corrected chi connectivity index (χ1v) is 8.03. The Hall–Kier alpha value is -1.81. The molecule has 0 fully saturated rings. The van der Waals surface area contributed by atoms with Crippen LogP contribution in [0.2, 0.25) is 0 Å². The highest BCUT2D eigenvalue weighted by molar-refractivity contribution is 7.10. The summed E-state index contributed by atoms with van der Waals surface area (Å²) in [5.41, 5.74) is 2.85. The van der Waals surface area contributed by atoms with Crippen molar-refractivity contribution in [3.63, 3.8) is 0 Å². The summed E-state index contributed by atoms with van der Waals surface area (Å²) < 4.78 is 0. The molecule has 1 aromatic heterocycles. The van der Waals surface area contributed by atoms with E-state index in [2.05, 4.69) is 42.0 Å². The van der Waals surface area contributed by atoms with Gasteiger partial charge in [0.1, 0.15) is 0 Å². The van der Waals surface area contributed by atoms with Crippen molar-refractivity contribution < 1.29 is 4.79 Å². The van der Waals surface area contributed by atoms with Crippen LogP contribution in [0.4, 0.5) is 5.69 Å². The number of rotatable bonds is 5. The molecule has 0 bridgehead atoms. The van der Waals surface area contributed by atoms with E-state index in [0.29, 0.717) is 11.5 Å². The summed E-state index contributed by atoms with van der Waals surface area (Å²) in [7, 11) is 1.65. The fraction of sp³-hybridized carbons (Fsp3) is 0.353. The van der Waals surface area contributed by atoms with Crippen LogP contribution in [0.3, 0.4) is 0 Å². The lowest BCUT2D eigenvalue weighted by molar-refractivity contribution is 0.0963. The van der Waals surface area contributed by atoms with Crippen molar-refractivity contribution in [2.24, 2.45) is 5.92 Å². The second kappa shape index (κ2) is 6.76. The number of amides is 1. The van der Waals surface area contributed by atoms with Crippen LogP contribution in [0.5, 0.6) is 0 Å². The number of hydrogen-bond acceptors (Lipinski definition) is 3. The molecule has 0 radical (unpaired) electrons. The third-order valence-electron chi connectivity index (χ3n) is 3.54. The van der Waals surface area contributed by atoms with Crippen LogP contribution in [-0.4, -0.2) is 13.0 Å². The minimum Gasteiger partial charge on any atom is -0.377 e. The molecule has 21 heavy (non-hydrogen) atoms. The highest BCUT2D eigenvalue weighted by Crippen LogP contribution is 2.31. The number of benzene rings is 1. The van der Waals surface area contributed by atoms with Gasteiger partial charge in [0, 0.05) is 23.2 Å². The molecule has 0 aliphatic heterocycles. The maximum atomic E-state index is 11.7. The van der Waals surface area contributed by atoms with Gasteiger partial charge in [0.15, 0.2) is 0 Å². The first-order chi connectivity index (χ1) is 10.0. The summed E-state index contributed by atoms with van der Waals surface area (Å²) in [4.78, 5) is 13.0. The van der Waals surface area contributed by atoms with E-state index in [1.807, 2.05) is 25.1 Å². The monoisotopic (exact) mass is 302 g/mol. The third kappa shape index (κ3) is 3.64. The summed E-state index contributed by atoms with van der Waals surface area (Å²) >= 11 is 1.77. The fourth-order valence-electron chi connectivity index (χ4n) is 2.31. The summed E-state index contributed by atoms with van der Waals surface area (Å²) in [5, 5.41) is 8.37. The molecule has 0 saturated carbocycles. The van der Waals surface area contributed by atoms with Gasteiger partial charge in [0.05, 0.1) is 6.04 Å². The fourth-order valence-corrected chi connectivity index (χ4v) is 3.26. The van der Waals surface area contributed by atoms with E-state index in [1.165, 1.54) is 4.88 Å². The molecule has 1 aromatic carbocycles. The molecule has 0 aliphatic carbocycles. The Morgan fingerprint density at radius 3 is 2.52 bits per heavy atom. The second-order valence-corrected chi connectivity index (χ2v) is 6.47. The lowest BCUT2D eigenvalue weighted by atomic mass is 10.0. The highest BCUT2D eigenvalue weighted by atomic mass is 32.1. The molecule has 3 nitrogen and oxygen atoms in total. The van der Waals surface area contributed by atoms with Gasteiger partial charge in [-0.15, -0.1) is 11.3 Å². The predicted molar refractivity (Wildman–Crippen MR) is 90.1 cm³/mol. The van der Waals surface area contributed by atoms with Crippen molar-refractivity contribution in [3.8, 4) is 0 Å². The van der Waals surface area contributed by atoms with E-state index in [1.54, 1.807) is 18.4 Å². The summed E-state index contributed by atoms with van der Waals surface area (Å²) in [5.74, 6) is 0.435. The van der Waals surface area contributed by atoms with Gasteiger partial charge in [-0.1, -0.05) is 19.9 Å². The smallest absolute Gasteiger partial charge is 0.251 e. The van der Waals surface area contributed by atoms with Crippen LogP contribution >= 0.6 is 11.3 Å². The van der Waals surface area contributed by atoms with Gasteiger partial charge < -0.3 is 10.6 Å². The lowest BCUT2D eigenvalue weighted by Gasteiger charge is -2.23. The van der Waals surface area contributed by atoms with E-state index in [0.717, 1.165) is 11.3 Å². The first-order valence-electron chi connectivity index (χ1n) is 7.15. The number of nitrogens with one attached hydrogen (secondary N) is 2. The van der Waals surface area contributed by atoms with E-state index in [-0.39, 0.29) is 11.9 Å². The number of anilines is 1. The Labute approximate surface area is 130 Å². The van der Waals surface area contributed by atoms with Gasteiger partial charge in [-0.05, 0) is 48.1 Å². The van der Waals surface area contributed by atoms with E-state index < -0.39 is 0 Å². The normalized spacial score (nSPS) is 12.2. The van der Waals surface area contributed by atoms with Crippen molar-refractivity contribution in [1.29, 1.82) is 0 Å². The summed E-state index contributed by atoms with van der Waals surface area (Å²) in [6.45, 7) is 6.46. The quantitative estimate of drug-likeness (QED) is 0.868. The SMILES string of the molecule is CNC(=O)c1ccc(NC(c2cccs2)C(C)C)c(C)c1. The minimum absolute atomic E-state index is 0.0525. The molecule has 112 valence electrons. The Morgan fingerprint density at radius 2 is 2.00 bits per heavy atom. The largest absolute Gasteiger partial charge is 0.377 e. The maximum Gasteiger partial charge on any atom is 0.251 e. The number of aryl methyl sites for hydroxylation is 1. The molecular weight excluding hydrogens is 280 g/mol. The molecule has 4 heteroatoms. The maximum absolute atomic E-state index is 11.7. The number of carbonyl (C=O) groups excluding carboxylic acids is 1. The third-order valence-corrected chi connectivity index (χ3v) is 4.50. The standard InChI is InChI=1S/C17H22N2OS/c1-11(2)16(15-6-5-9-21-15)19-14-8-7-13(10-12(14)3)17(20)18-4/h5-11,16,19H,1-4H3,(H,18,20). The van der Waals surface area contributed by atoms with Crippen LogP contribution in [-0.2, 0) is 0 Å². The molecule has 0 spiro atoms. The van der Waals surface area contributed by atoms with Crippen molar-refractivity contribution in [3.05, 3.63) is 51.7 Å². The first kappa shape index (κ1) is 15.6. The molecule has 1 atom stereocenters. The van der Waals surface area contributed by atoms with Gasteiger partial charge in [0.2, 0.25) is 0 Å². The zero-order valence-electron chi connectivity index (χ0n) is 12.9. The van der Waals surface area contributed by atoms with Gasteiger partial charge in [-0.2, -0.15) is 0 Å². The van der Waals surface area contributed by atoms with Crippen molar-refractivity contribution in [2.75, 3.05) is 12.4 Å². The minimum atomic E-state index is -0.0525. The number of hydrogen-bond donors (Lipinski definition) is 2. The van der Waals surface area contributed by atoms with Crippen molar-refractivity contribution in [2.45, 2.75) is 26.8 Å². The molecular formula is C17H22N2OS. The average molecular weight is 302 g/mol. The topological polar surface area (TPSA) is 41.1 Å². The highest BCUT2D eigenvalue weighted by Gasteiger charge is 2.17. The Balaban J connectivity index is 2.24. The van der Waals surface area contributed by atoms with Gasteiger partial charge >= 0.3 is 0 Å². The zero-order chi connectivity index (χ0) is 15.4. The summed E-state index contributed by atoms with van der Waals surface area (Å²) in [6.07, 6.45) is 0. The molecule has 0 aliphatic rings. The Bertz CT molecular complexity index is 605. The van der Waals surface area contributed by atoms with Crippen LogP contribution in [0.25, 0.3) is 0 Å². The number of carbonyl (C=O) groups is 1. The van der Waals surface area contributed by atoms with Gasteiger partial charge in [-0.25, -0.2) is 0 Å². The molecule has 2 N–H and O–H groups in total. The molecule has 1 unspecified atom stereocenters. The number of thiophene rings is 1. The van der Waals surface area contributed by atoms with Crippen molar-refractivity contribution in [1.82, 2.24) is 5.32 Å². The molecule has 1 heterocycles. The molecule has 2 rings (SSSR count). The Kier molecular flexibility index (Phi) is 5.02. The molecule has 2 aromatic rings. The van der Waals surface area contributed by atoms with Crippen LogP contribution in [0, 0.1) is 12.8 Å². The van der Waals surface area contributed by atoms with Crippen LogP contribution < -0.4 is 10.6 Å². The Morgan fingerprint density at radius 1 is 1.24 bits per heavy atom. The van der Waals surface area contributed by atoms with E-state index in [4.69, 9.17) is 0 Å². The molecule has 1 amide bonds. The lowest BCUT2D eigenvalue weighted by Crippen LogP contribution is -2.19. The predicted octanol–water partition coefficient (Wildman–Crippen LogP) is 4.23. The second-order valence-electron chi connectivity index (χ2n) is 5.49. The molecule has 0 saturated heterocycles. The van der Waals surface area contributed by atoms with Crippen LogP contribution in [0.1, 0.15) is 40.7 Å². The average Bonchev–Trinajstić information content (AvgIpc) is 2.98. The van der Waals surface area contributed by atoms with Gasteiger partial charge in [0.25, 0.3) is 5.91 Å². The van der Waals surface area contributed by atoms with E-state index >= 15 is 0 Å². The van der Waals surface area contributed by atoms with Crippen LogP contribution in [0.15, 0.2) is 35.7 Å². The van der Waals surface area contributed by atoms with E-state index in [9.17, 15) is 4.79 Å². The summed E-state index contributed by atoms with van der Waals surface area (Å²) in [6, 6.07) is 10.3. The van der Waals surface area contributed by atoms with Crippen molar-refractivity contribution >= 4 is 22.9 Å². The zero-order valence-corrected chi connectivity index (χ0v) is 13.8. The van der Waals surface area contributed by atoms with Gasteiger partial charge in [-0.3, -0.25) is 4.79 Å².